The van der Waals surface area contributed by atoms with Gasteiger partial charge < -0.3 is 0 Å². The first-order chi connectivity index (χ1) is 12.3. The Bertz CT molecular complexity index is 1010. The first-order valence-corrected chi connectivity index (χ1v) is 8.43. The second kappa shape index (κ2) is 6.78. The summed E-state index contributed by atoms with van der Waals surface area (Å²) in [4.78, 5) is 13.5. The summed E-state index contributed by atoms with van der Waals surface area (Å²) in [6, 6.07) is 6.76. The van der Waals surface area contributed by atoms with Crippen molar-refractivity contribution in [3.05, 3.63) is 63.5 Å². The molecule has 0 aliphatic carbocycles. The van der Waals surface area contributed by atoms with Gasteiger partial charge in [0.15, 0.2) is 5.78 Å². The number of hydrogen-bond acceptors (Lipinski definition) is 4. The lowest BCUT2D eigenvalue weighted by molar-refractivity contribution is 0.101. The van der Waals surface area contributed by atoms with Gasteiger partial charge in [-0.15, -0.1) is 10.2 Å². The Hall–Kier alpha value is -2.89. The van der Waals surface area contributed by atoms with Gasteiger partial charge in [0, 0.05) is 11.1 Å². The molecular formula is C20H21FN4O. The second-order valence-electron chi connectivity index (χ2n) is 6.65. The quantitative estimate of drug-likeness (QED) is 0.667. The molecule has 3 rings (SSSR count). The molecule has 0 spiro atoms. The maximum atomic E-state index is 13.4. The molecule has 134 valence electrons. The first kappa shape index (κ1) is 17.9. The van der Waals surface area contributed by atoms with E-state index in [1.807, 2.05) is 26.8 Å². The Balaban J connectivity index is 1.96. The topological polar surface area (TPSA) is 60.7 Å². The van der Waals surface area contributed by atoms with Crippen molar-refractivity contribution in [3.8, 4) is 11.4 Å². The van der Waals surface area contributed by atoms with E-state index in [2.05, 4.69) is 15.4 Å². The van der Waals surface area contributed by atoms with Gasteiger partial charge in [0.25, 0.3) is 0 Å². The number of benzene rings is 2. The Morgan fingerprint density at radius 1 is 1.08 bits per heavy atom. The minimum Gasteiger partial charge on any atom is -0.294 e. The van der Waals surface area contributed by atoms with Crippen molar-refractivity contribution >= 4 is 5.78 Å². The summed E-state index contributed by atoms with van der Waals surface area (Å²) in [6.07, 6.45) is 0. The molecule has 0 fully saturated rings. The minimum atomic E-state index is -0.260. The number of aryl methyl sites for hydroxylation is 3. The van der Waals surface area contributed by atoms with E-state index in [-0.39, 0.29) is 11.6 Å². The predicted molar refractivity (Wildman–Crippen MR) is 97.7 cm³/mol. The SMILES string of the molecule is CC(=O)c1c(C)cc(C)c(Cn2nnc(-c3ccc(F)c(C)c3)n2)c1C. The van der Waals surface area contributed by atoms with E-state index in [0.717, 1.165) is 33.4 Å². The molecule has 0 radical (unpaired) electrons. The van der Waals surface area contributed by atoms with Crippen LogP contribution in [0.1, 0.15) is 45.1 Å². The van der Waals surface area contributed by atoms with E-state index < -0.39 is 0 Å². The van der Waals surface area contributed by atoms with Crippen LogP contribution in [0.2, 0.25) is 0 Å². The lowest BCUT2D eigenvalue weighted by atomic mass is 9.91. The zero-order valence-corrected chi connectivity index (χ0v) is 15.6. The summed E-state index contributed by atoms with van der Waals surface area (Å²) in [7, 11) is 0. The van der Waals surface area contributed by atoms with Gasteiger partial charge in [0.2, 0.25) is 5.82 Å². The van der Waals surface area contributed by atoms with Gasteiger partial charge in [0.05, 0.1) is 6.54 Å². The smallest absolute Gasteiger partial charge is 0.204 e. The molecule has 5 nitrogen and oxygen atoms in total. The van der Waals surface area contributed by atoms with Crippen molar-refractivity contribution in [3.63, 3.8) is 0 Å². The van der Waals surface area contributed by atoms with Gasteiger partial charge in [-0.2, -0.15) is 4.80 Å². The molecule has 1 aromatic heterocycles. The number of carbonyl (C=O) groups is 1. The van der Waals surface area contributed by atoms with Crippen LogP contribution in [0.15, 0.2) is 24.3 Å². The van der Waals surface area contributed by atoms with Crippen LogP contribution in [-0.4, -0.2) is 26.0 Å². The summed E-state index contributed by atoms with van der Waals surface area (Å²) < 4.78 is 13.4. The average Bonchev–Trinajstić information content (AvgIpc) is 3.02. The predicted octanol–water partition coefficient (Wildman–Crippen LogP) is 3.96. The van der Waals surface area contributed by atoms with Crippen LogP contribution in [0, 0.1) is 33.5 Å². The number of hydrogen-bond donors (Lipinski definition) is 0. The number of Topliss-reactive ketones (excluding diaryl/α,β-unsaturated/α-hetero) is 1. The van der Waals surface area contributed by atoms with Crippen LogP contribution < -0.4 is 0 Å². The van der Waals surface area contributed by atoms with Gasteiger partial charge in [-0.25, -0.2) is 4.39 Å². The summed E-state index contributed by atoms with van der Waals surface area (Å²) in [5.74, 6) is 0.237. The summed E-state index contributed by atoms with van der Waals surface area (Å²) >= 11 is 0. The van der Waals surface area contributed by atoms with E-state index in [1.165, 1.54) is 10.9 Å². The van der Waals surface area contributed by atoms with Gasteiger partial charge in [-0.05, 0) is 85.8 Å². The molecule has 0 atom stereocenters. The van der Waals surface area contributed by atoms with E-state index >= 15 is 0 Å². The number of carbonyl (C=O) groups excluding carboxylic acids is 1. The highest BCUT2D eigenvalue weighted by molar-refractivity contribution is 5.97. The van der Waals surface area contributed by atoms with E-state index in [0.29, 0.717) is 17.9 Å². The van der Waals surface area contributed by atoms with Crippen molar-refractivity contribution in [1.82, 2.24) is 20.2 Å². The molecular weight excluding hydrogens is 331 g/mol. The highest BCUT2D eigenvalue weighted by Gasteiger charge is 2.16. The van der Waals surface area contributed by atoms with Crippen LogP contribution in [0.25, 0.3) is 11.4 Å². The number of tetrazole rings is 1. The molecule has 0 saturated heterocycles. The molecule has 0 unspecified atom stereocenters. The third-order valence-corrected chi connectivity index (χ3v) is 4.65. The van der Waals surface area contributed by atoms with Gasteiger partial charge in [0.1, 0.15) is 5.82 Å². The second-order valence-corrected chi connectivity index (χ2v) is 6.65. The molecule has 6 heteroatoms. The molecule has 3 aromatic rings. The molecule has 0 aliphatic rings. The Labute approximate surface area is 151 Å². The van der Waals surface area contributed by atoms with Gasteiger partial charge in [-0.3, -0.25) is 4.79 Å². The third-order valence-electron chi connectivity index (χ3n) is 4.65. The fourth-order valence-corrected chi connectivity index (χ4v) is 3.36. The van der Waals surface area contributed by atoms with Crippen molar-refractivity contribution in [1.29, 1.82) is 0 Å². The molecule has 0 bridgehead atoms. The highest BCUT2D eigenvalue weighted by atomic mass is 19.1. The fourth-order valence-electron chi connectivity index (χ4n) is 3.36. The van der Waals surface area contributed by atoms with Crippen molar-refractivity contribution in [2.45, 2.75) is 41.2 Å². The molecule has 0 N–H and O–H groups in total. The number of ketones is 1. The minimum absolute atomic E-state index is 0.0512. The maximum Gasteiger partial charge on any atom is 0.204 e. The van der Waals surface area contributed by atoms with Crippen LogP contribution in [0.5, 0.6) is 0 Å². The molecule has 0 saturated carbocycles. The lowest BCUT2D eigenvalue weighted by Crippen LogP contribution is -2.11. The van der Waals surface area contributed by atoms with Crippen LogP contribution in [0.4, 0.5) is 4.39 Å². The van der Waals surface area contributed by atoms with E-state index in [1.54, 1.807) is 26.0 Å². The zero-order valence-electron chi connectivity index (χ0n) is 15.6. The number of nitrogens with zero attached hydrogens (tertiary/aromatic N) is 4. The molecule has 1 heterocycles. The van der Waals surface area contributed by atoms with Crippen LogP contribution >= 0.6 is 0 Å². The zero-order chi connectivity index (χ0) is 19.0. The van der Waals surface area contributed by atoms with Crippen LogP contribution in [0.3, 0.4) is 0 Å². The summed E-state index contributed by atoms with van der Waals surface area (Å²) in [6.45, 7) is 9.62. The number of halogens is 1. The van der Waals surface area contributed by atoms with Crippen molar-refractivity contribution < 1.29 is 9.18 Å². The van der Waals surface area contributed by atoms with E-state index in [9.17, 15) is 9.18 Å². The van der Waals surface area contributed by atoms with Gasteiger partial charge in [-0.1, -0.05) is 6.07 Å². The maximum absolute atomic E-state index is 13.4. The van der Waals surface area contributed by atoms with Crippen molar-refractivity contribution in [2.24, 2.45) is 0 Å². The molecule has 0 aliphatic heterocycles. The molecule has 2 aromatic carbocycles. The highest BCUT2D eigenvalue weighted by Crippen LogP contribution is 2.24. The van der Waals surface area contributed by atoms with E-state index in [4.69, 9.17) is 0 Å². The fraction of sp³-hybridized carbons (Fsp3) is 0.300. The Morgan fingerprint density at radius 2 is 1.81 bits per heavy atom. The first-order valence-electron chi connectivity index (χ1n) is 8.43. The summed E-state index contributed by atoms with van der Waals surface area (Å²) in [5, 5.41) is 12.6. The number of rotatable bonds is 4. The molecule has 0 amide bonds. The standard InChI is InChI=1S/C20H21FN4O/c1-11-8-13(3)19(15(5)26)14(4)17(11)10-25-23-20(22-24-25)16-6-7-18(21)12(2)9-16/h6-9H,10H2,1-5H3. The van der Waals surface area contributed by atoms with Crippen LogP contribution in [-0.2, 0) is 6.54 Å². The third kappa shape index (κ3) is 3.27. The molecule has 26 heavy (non-hydrogen) atoms. The van der Waals surface area contributed by atoms with Gasteiger partial charge >= 0.3 is 0 Å². The number of aromatic nitrogens is 4. The lowest BCUT2D eigenvalue weighted by Gasteiger charge is -2.15. The Morgan fingerprint density at radius 3 is 2.46 bits per heavy atom. The van der Waals surface area contributed by atoms with Crippen molar-refractivity contribution in [2.75, 3.05) is 0 Å². The monoisotopic (exact) mass is 352 g/mol. The summed E-state index contributed by atoms with van der Waals surface area (Å²) in [5.41, 5.74) is 6.03. The largest absolute Gasteiger partial charge is 0.294 e. The average molecular weight is 352 g/mol. The Kier molecular flexibility index (Phi) is 4.68. The normalized spacial score (nSPS) is 11.0.